The van der Waals surface area contributed by atoms with E-state index in [1.807, 2.05) is 0 Å². The van der Waals surface area contributed by atoms with Crippen molar-refractivity contribution < 1.29 is 0 Å². The van der Waals surface area contributed by atoms with Crippen LogP contribution in [-0.4, -0.2) is 19.8 Å². The molecule has 0 N–H and O–H groups in total. The number of hydrogen-bond acceptors (Lipinski definition) is 2. The molecule has 0 aromatic heterocycles. The molecule has 2 heteroatoms. The van der Waals surface area contributed by atoms with Gasteiger partial charge in [0.15, 0.2) is 0 Å². The predicted molar refractivity (Wildman–Crippen MR) is 163 cm³/mol. The molecule has 0 unspecified atom stereocenters. The first-order valence-electron chi connectivity index (χ1n) is 14.0. The summed E-state index contributed by atoms with van der Waals surface area (Å²) in [4.78, 5) is 5.12. The van der Waals surface area contributed by atoms with E-state index in [4.69, 9.17) is 13.8 Å². The largest absolute Gasteiger partial charge is 0.352 e. The van der Waals surface area contributed by atoms with E-state index in [2.05, 4.69) is 117 Å². The minimum atomic E-state index is -0.194. The second kappa shape index (κ2) is 9.97. The summed E-state index contributed by atoms with van der Waals surface area (Å²) in [6.07, 6.45) is 1.90. The van der Waals surface area contributed by atoms with Crippen molar-refractivity contribution in [1.29, 1.82) is 0 Å². The molecular weight excluding hydrogens is 448 g/mol. The summed E-state index contributed by atoms with van der Waals surface area (Å²) < 4.78 is 0. The Morgan fingerprint density at radius 2 is 0.838 bits per heavy atom. The van der Waals surface area contributed by atoms with Crippen LogP contribution in [-0.2, 0) is 10.8 Å². The summed E-state index contributed by atoms with van der Waals surface area (Å²) in [5.41, 5.74) is 10.6. The van der Waals surface area contributed by atoms with Crippen LogP contribution in [0.5, 0.6) is 0 Å². The van der Waals surface area contributed by atoms with E-state index in [-0.39, 0.29) is 21.7 Å². The standard InChI is InChI=1S/C35H52N2/c1-24-17-28(34(11,12)21-32(5,6)7)18-25(2)30(24)36-15-16-37(23-36)31-26(3)19-29(20-27(31)4)35(13,14)22-33(8,9)10/h5,8,17-20H,15-16,21-23H2,1-4,6-7,9-14H3. The van der Waals surface area contributed by atoms with Crippen LogP contribution in [0.3, 0.4) is 0 Å². The van der Waals surface area contributed by atoms with Crippen LogP contribution in [0.1, 0.15) is 102 Å². The number of anilines is 2. The van der Waals surface area contributed by atoms with Gasteiger partial charge in [-0.05, 0) is 109 Å². The van der Waals surface area contributed by atoms with Crippen molar-refractivity contribution >= 4 is 11.4 Å². The molecule has 0 saturated carbocycles. The van der Waals surface area contributed by atoms with Gasteiger partial charge in [-0.15, -0.1) is 0 Å². The normalized spacial score (nSPS) is 15.6. The number of hydrogen-bond donors (Lipinski definition) is 0. The summed E-state index contributed by atoms with van der Waals surface area (Å²) in [6, 6.07) is 9.57. The number of aryl methyl sites for hydroxylation is 4. The molecule has 3 rings (SSSR count). The third-order valence-electron chi connectivity index (χ3n) is 7.95. The molecule has 0 amide bonds. The van der Waals surface area contributed by atoms with Gasteiger partial charge in [0.1, 0.15) is 0 Å². The zero-order valence-corrected chi connectivity index (χ0v) is 25.9. The van der Waals surface area contributed by atoms with Crippen molar-refractivity contribution in [3.05, 3.63) is 71.5 Å². The highest BCUT2D eigenvalue weighted by Crippen LogP contribution is 2.41. The van der Waals surface area contributed by atoms with Gasteiger partial charge in [0.2, 0.25) is 0 Å². The molecular formula is C35H52N2. The molecule has 4 radical (unpaired) electrons. The fraction of sp³-hybridized carbons (Fsp3) is 0.600. The zero-order valence-electron chi connectivity index (χ0n) is 25.9. The fourth-order valence-electron chi connectivity index (χ4n) is 7.13. The van der Waals surface area contributed by atoms with Crippen LogP contribution >= 0.6 is 0 Å². The lowest BCUT2D eigenvalue weighted by Crippen LogP contribution is -2.29. The van der Waals surface area contributed by atoms with Crippen molar-refractivity contribution in [3.8, 4) is 0 Å². The molecule has 0 atom stereocenters. The molecule has 1 aliphatic rings. The smallest absolute Gasteiger partial charge is 0.0904 e. The van der Waals surface area contributed by atoms with Crippen LogP contribution < -0.4 is 9.80 Å². The average Bonchev–Trinajstić information content (AvgIpc) is 3.12. The molecule has 202 valence electrons. The molecule has 0 spiro atoms. The highest BCUT2D eigenvalue weighted by molar-refractivity contribution is 5.67. The summed E-state index contributed by atoms with van der Waals surface area (Å²) in [5.74, 6) is 0. The Kier molecular flexibility index (Phi) is 7.98. The Hall–Kier alpha value is -1.96. The van der Waals surface area contributed by atoms with Gasteiger partial charge in [-0.1, -0.05) is 79.7 Å². The van der Waals surface area contributed by atoms with Crippen molar-refractivity contribution in [3.63, 3.8) is 0 Å². The van der Waals surface area contributed by atoms with Gasteiger partial charge < -0.3 is 9.80 Å². The van der Waals surface area contributed by atoms with Crippen molar-refractivity contribution in [1.82, 2.24) is 0 Å². The van der Waals surface area contributed by atoms with E-state index >= 15 is 0 Å². The zero-order chi connectivity index (χ0) is 28.1. The molecule has 2 aromatic rings. The average molecular weight is 501 g/mol. The summed E-state index contributed by atoms with van der Waals surface area (Å²) >= 11 is 0. The minimum absolute atomic E-state index is 0.0339. The van der Waals surface area contributed by atoms with Crippen LogP contribution in [0.15, 0.2) is 24.3 Å². The summed E-state index contributed by atoms with van der Waals surface area (Å²) in [7, 11) is 0. The van der Waals surface area contributed by atoms with Crippen LogP contribution in [0.4, 0.5) is 11.4 Å². The molecule has 37 heavy (non-hydrogen) atoms. The third-order valence-corrected chi connectivity index (χ3v) is 7.95. The summed E-state index contributed by atoms with van der Waals surface area (Å²) in [5, 5.41) is 0. The second-order valence-corrected chi connectivity index (χ2v) is 14.7. The molecule has 0 bridgehead atoms. The molecule has 1 heterocycles. The Balaban J connectivity index is 1.86. The Morgan fingerprint density at radius 1 is 0.568 bits per heavy atom. The molecule has 1 aliphatic heterocycles. The molecule has 1 saturated heterocycles. The van der Waals surface area contributed by atoms with Gasteiger partial charge in [-0.25, -0.2) is 0 Å². The Labute approximate surface area is 229 Å². The third kappa shape index (κ3) is 6.92. The quantitative estimate of drug-likeness (QED) is 0.357. The van der Waals surface area contributed by atoms with E-state index in [1.54, 1.807) is 0 Å². The van der Waals surface area contributed by atoms with Gasteiger partial charge >= 0.3 is 0 Å². The van der Waals surface area contributed by atoms with E-state index in [0.717, 1.165) is 32.6 Å². The molecule has 2 nitrogen and oxygen atoms in total. The van der Waals surface area contributed by atoms with Gasteiger partial charge in [-0.3, -0.25) is 0 Å². The van der Waals surface area contributed by atoms with Crippen molar-refractivity contribution in [2.24, 2.45) is 10.8 Å². The molecule has 2 aromatic carbocycles. The maximum atomic E-state index is 6.40. The van der Waals surface area contributed by atoms with Crippen LogP contribution in [0, 0.1) is 52.4 Å². The van der Waals surface area contributed by atoms with Gasteiger partial charge in [0.25, 0.3) is 0 Å². The molecule has 1 fully saturated rings. The minimum Gasteiger partial charge on any atom is -0.352 e. The lowest BCUT2D eigenvalue weighted by atomic mass is 9.71. The highest BCUT2D eigenvalue weighted by atomic mass is 15.4. The monoisotopic (exact) mass is 500 g/mol. The van der Waals surface area contributed by atoms with Crippen molar-refractivity contribution in [2.45, 2.75) is 107 Å². The maximum Gasteiger partial charge on any atom is 0.0904 e. The SMILES string of the molecule is [CH]C(C)(C)CC(C)(C)c1cc(C)c(N2CCN(c3c(C)cc(C(C)(C)CC([CH])(C)C)cc3C)C2)c(C)c1. The fourth-order valence-corrected chi connectivity index (χ4v) is 7.13. The van der Waals surface area contributed by atoms with Gasteiger partial charge in [0, 0.05) is 24.5 Å². The predicted octanol–water partition coefficient (Wildman–Crippen LogP) is 9.01. The molecule has 0 aliphatic carbocycles. The number of benzene rings is 2. The topological polar surface area (TPSA) is 6.48 Å². The lowest BCUT2D eigenvalue weighted by molar-refractivity contribution is 0.317. The maximum absolute atomic E-state index is 6.40. The van der Waals surface area contributed by atoms with Crippen molar-refractivity contribution in [2.75, 3.05) is 29.6 Å². The van der Waals surface area contributed by atoms with E-state index in [0.29, 0.717) is 0 Å². The lowest BCUT2D eigenvalue weighted by Gasteiger charge is -2.35. The van der Waals surface area contributed by atoms with Gasteiger partial charge in [0.05, 0.1) is 6.67 Å². The highest BCUT2D eigenvalue weighted by Gasteiger charge is 2.32. The van der Waals surface area contributed by atoms with E-state index in [9.17, 15) is 0 Å². The first-order valence-corrected chi connectivity index (χ1v) is 14.0. The first kappa shape index (κ1) is 29.6. The van der Waals surface area contributed by atoms with E-state index < -0.39 is 0 Å². The van der Waals surface area contributed by atoms with E-state index in [1.165, 1.54) is 44.8 Å². The van der Waals surface area contributed by atoms with Gasteiger partial charge in [-0.2, -0.15) is 0 Å². The van der Waals surface area contributed by atoms with Crippen LogP contribution in [0.25, 0.3) is 0 Å². The number of nitrogens with zero attached hydrogens (tertiary/aromatic N) is 2. The Bertz CT molecular complexity index is 985. The van der Waals surface area contributed by atoms with Crippen LogP contribution in [0.2, 0.25) is 0 Å². The second-order valence-electron chi connectivity index (χ2n) is 14.7. The Morgan fingerprint density at radius 3 is 1.08 bits per heavy atom. The summed E-state index contributed by atoms with van der Waals surface area (Å²) in [6.45, 7) is 42.6. The first-order chi connectivity index (χ1) is 16.7. The number of rotatable bonds is 8.